The van der Waals surface area contributed by atoms with Crippen molar-refractivity contribution in [3.63, 3.8) is 0 Å². The van der Waals surface area contributed by atoms with E-state index in [0.717, 1.165) is 14.4 Å². The van der Waals surface area contributed by atoms with Gasteiger partial charge in [-0.2, -0.15) is 5.10 Å². The van der Waals surface area contributed by atoms with E-state index in [9.17, 15) is 13.2 Å². The summed E-state index contributed by atoms with van der Waals surface area (Å²) in [5.41, 5.74) is 0.427. The average molecular weight is 407 g/mol. The van der Waals surface area contributed by atoms with Crippen LogP contribution in [-0.4, -0.2) is 29.3 Å². The molecule has 1 aromatic carbocycles. The molecule has 0 aliphatic rings. The number of carbonyl (C=O) groups is 1. The third kappa shape index (κ3) is 3.70. The van der Waals surface area contributed by atoms with Crippen molar-refractivity contribution in [1.82, 2.24) is 9.78 Å². The molecular formula is C11H10IN3O4S. The molecule has 2 aromatic rings. The van der Waals surface area contributed by atoms with Crippen molar-refractivity contribution in [2.45, 2.75) is 11.4 Å². The van der Waals surface area contributed by atoms with Gasteiger partial charge in [0.15, 0.2) is 0 Å². The first-order valence-corrected chi connectivity index (χ1v) is 7.96. The summed E-state index contributed by atoms with van der Waals surface area (Å²) in [5, 5.41) is 12.3. The van der Waals surface area contributed by atoms with Crippen molar-refractivity contribution in [2.24, 2.45) is 0 Å². The third-order valence-corrected chi connectivity index (χ3v) is 4.37. The Labute approximate surface area is 128 Å². The van der Waals surface area contributed by atoms with Crippen LogP contribution in [0, 0.1) is 3.57 Å². The predicted octanol–water partition coefficient (Wildman–Crippen LogP) is 1.37. The second-order valence-corrected chi connectivity index (χ2v) is 6.81. The Morgan fingerprint density at radius 2 is 2.00 bits per heavy atom. The molecule has 2 N–H and O–H groups in total. The van der Waals surface area contributed by atoms with E-state index in [1.807, 2.05) is 0 Å². The third-order valence-electron chi connectivity index (χ3n) is 2.31. The van der Waals surface area contributed by atoms with Crippen LogP contribution < -0.4 is 4.72 Å². The fourth-order valence-electron chi connectivity index (χ4n) is 1.44. The maximum absolute atomic E-state index is 12.1. The van der Waals surface area contributed by atoms with Crippen LogP contribution in [-0.2, 0) is 21.4 Å². The first-order valence-electron chi connectivity index (χ1n) is 5.39. The number of aliphatic carboxylic acids is 1. The van der Waals surface area contributed by atoms with E-state index in [-0.39, 0.29) is 11.4 Å². The Morgan fingerprint density at radius 1 is 1.35 bits per heavy atom. The molecule has 0 amide bonds. The zero-order valence-corrected chi connectivity index (χ0v) is 13.0. The lowest BCUT2D eigenvalue weighted by atomic mass is 10.3. The minimum Gasteiger partial charge on any atom is -0.480 e. The highest BCUT2D eigenvalue weighted by Crippen LogP contribution is 2.16. The molecule has 0 fully saturated rings. The molecule has 0 radical (unpaired) electrons. The molecule has 0 unspecified atom stereocenters. The molecule has 0 saturated carbocycles. The van der Waals surface area contributed by atoms with E-state index in [4.69, 9.17) is 5.11 Å². The van der Waals surface area contributed by atoms with Gasteiger partial charge in [-0.1, -0.05) is 0 Å². The minimum atomic E-state index is -3.77. The smallest absolute Gasteiger partial charge is 0.325 e. The molecule has 1 heterocycles. The van der Waals surface area contributed by atoms with Gasteiger partial charge in [0.1, 0.15) is 11.4 Å². The maximum Gasteiger partial charge on any atom is 0.325 e. The fourth-order valence-corrected chi connectivity index (χ4v) is 2.81. The average Bonchev–Trinajstić information content (AvgIpc) is 2.80. The van der Waals surface area contributed by atoms with Gasteiger partial charge in [-0.15, -0.1) is 0 Å². The Morgan fingerprint density at radius 3 is 2.60 bits per heavy atom. The summed E-state index contributed by atoms with van der Waals surface area (Å²) in [5.74, 6) is -1.09. The molecule has 2 rings (SSSR count). The van der Waals surface area contributed by atoms with Crippen molar-refractivity contribution >= 4 is 44.3 Å². The second kappa shape index (κ2) is 5.79. The highest BCUT2D eigenvalue weighted by Gasteiger charge is 2.17. The monoisotopic (exact) mass is 407 g/mol. The van der Waals surface area contributed by atoms with Gasteiger partial charge in [-0.25, -0.2) is 8.42 Å². The highest BCUT2D eigenvalue weighted by atomic mass is 127. The number of rotatable bonds is 5. The molecule has 0 spiro atoms. The number of halogens is 1. The molecule has 20 heavy (non-hydrogen) atoms. The molecule has 0 atom stereocenters. The number of hydrogen-bond acceptors (Lipinski definition) is 4. The molecule has 0 aliphatic carbocycles. The first-order chi connectivity index (χ1) is 9.37. The minimum absolute atomic E-state index is 0.0858. The number of sulfonamides is 1. The number of anilines is 1. The van der Waals surface area contributed by atoms with Crippen molar-refractivity contribution in [1.29, 1.82) is 0 Å². The number of benzene rings is 1. The van der Waals surface area contributed by atoms with Crippen molar-refractivity contribution in [3.8, 4) is 0 Å². The Balaban J connectivity index is 2.19. The number of hydrogen-bond donors (Lipinski definition) is 2. The van der Waals surface area contributed by atoms with Crippen LogP contribution in [0.3, 0.4) is 0 Å². The van der Waals surface area contributed by atoms with Gasteiger partial charge in [0, 0.05) is 15.5 Å². The van der Waals surface area contributed by atoms with Crippen LogP contribution in [0.5, 0.6) is 0 Å². The second-order valence-electron chi connectivity index (χ2n) is 3.88. The zero-order chi connectivity index (χ0) is 14.8. The molecule has 9 heteroatoms. The molecule has 0 bridgehead atoms. The highest BCUT2D eigenvalue weighted by molar-refractivity contribution is 14.1. The predicted molar refractivity (Wildman–Crippen MR) is 79.8 cm³/mol. The van der Waals surface area contributed by atoms with Crippen molar-refractivity contribution in [3.05, 3.63) is 40.2 Å². The topological polar surface area (TPSA) is 101 Å². The van der Waals surface area contributed by atoms with Crippen LogP contribution in [0.2, 0.25) is 0 Å². The van der Waals surface area contributed by atoms with E-state index in [0.29, 0.717) is 5.69 Å². The van der Waals surface area contributed by atoms with Gasteiger partial charge in [0.05, 0.1) is 6.20 Å². The van der Waals surface area contributed by atoms with Gasteiger partial charge in [-0.3, -0.25) is 14.2 Å². The van der Waals surface area contributed by atoms with E-state index < -0.39 is 16.0 Å². The van der Waals surface area contributed by atoms with Crippen LogP contribution in [0.25, 0.3) is 0 Å². The molecule has 7 nitrogen and oxygen atoms in total. The van der Waals surface area contributed by atoms with E-state index in [1.54, 1.807) is 24.3 Å². The molecule has 1 aromatic heterocycles. The maximum atomic E-state index is 12.1. The first kappa shape index (κ1) is 14.8. The summed E-state index contributed by atoms with van der Waals surface area (Å²) in [7, 11) is -3.77. The quantitative estimate of drug-likeness (QED) is 0.730. The van der Waals surface area contributed by atoms with Crippen molar-refractivity contribution in [2.75, 3.05) is 4.72 Å². The molecule has 0 saturated heterocycles. The van der Waals surface area contributed by atoms with Crippen LogP contribution in [0.15, 0.2) is 41.6 Å². The Bertz CT molecular complexity index is 724. The number of nitrogens with one attached hydrogen (secondary N) is 1. The summed E-state index contributed by atoms with van der Waals surface area (Å²) < 4.78 is 28.6. The number of carboxylic acids is 1. The van der Waals surface area contributed by atoms with Gasteiger partial charge in [0.2, 0.25) is 0 Å². The van der Waals surface area contributed by atoms with Crippen LogP contribution >= 0.6 is 22.6 Å². The largest absolute Gasteiger partial charge is 0.480 e. The summed E-state index contributed by atoms with van der Waals surface area (Å²) in [6.45, 7) is -0.390. The standard InChI is InChI=1S/C11H10IN3O4S/c12-8-1-3-9(4-2-8)14-20(18,19)10-5-13-15(6-10)7-11(16)17/h1-6,14H,7H2,(H,16,17). The van der Waals surface area contributed by atoms with Gasteiger partial charge in [-0.05, 0) is 46.9 Å². The summed E-state index contributed by atoms with van der Waals surface area (Å²) in [4.78, 5) is 10.4. The lowest BCUT2D eigenvalue weighted by Gasteiger charge is -2.05. The van der Waals surface area contributed by atoms with Crippen molar-refractivity contribution < 1.29 is 18.3 Å². The lowest BCUT2D eigenvalue weighted by Crippen LogP contribution is -2.13. The Kier molecular flexibility index (Phi) is 4.28. The molecular weight excluding hydrogens is 397 g/mol. The zero-order valence-electron chi connectivity index (χ0n) is 10.0. The number of aromatic nitrogens is 2. The lowest BCUT2D eigenvalue weighted by molar-refractivity contribution is -0.137. The van der Waals surface area contributed by atoms with E-state index in [2.05, 4.69) is 32.4 Å². The Hall–Kier alpha value is -1.62. The summed E-state index contributed by atoms with van der Waals surface area (Å²) in [6.07, 6.45) is 2.28. The molecule has 106 valence electrons. The van der Waals surface area contributed by atoms with Gasteiger partial charge < -0.3 is 5.11 Å². The fraction of sp³-hybridized carbons (Fsp3) is 0.0909. The number of nitrogens with zero attached hydrogens (tertiary/aromatic N) is 2. The van der Waals surface area contributed by atoms with Gasteiger partial charge >= 0.3 is 5.97 Å². The van der Waals surface area contributed by atoms with Crippen LogP contribution in [0.4, 0.5) is 5.69 Å². The molecule has 0 aliphatic heterocycles. The van der Waals surface area contributed by atoms with Gasteiger partial charge in [0.25, 0.3) is 10.0 Å². The SMILES string of the molecule is O=C(O)Cn1cc(S(=O)(=O)Nc2ccc(I)cc2)cn1. The van der Waals surface area contributed by atoms with Crippen LogP contribution in [0.1, 0.15) is 0 Å². The summed E-state index contributed by atoms with van der Waals surface area (Å²) in [6, 6.07) is 6.82. The van der Waals surface area contributed by atoms with E-state index >= 15 is 0 Å². The summed E-state index contributed by atoms with van der Waals surface area (Å²) >= 11 is 2.11. The van der Waals surface area contributed by atoms with E-state index in [1.165, 1.54) is 6.20 Å². The normalized spacial score (nSPS) is 11.2. The number of carboxylic acid groups (broad SMARTS) is 1.